The standard InChI is InChI=1S/C9H20N2S/c1-9(2)3-6-12-7-8(9)11-5-4-10/h8,11H,3-7,10H2,1-2H3. The minimum Gasteiger partial charge on any atom is -0.329 e. The summed E-state index contributed by atoms with van der Waals surface area (Å²) in [5, 5.41) is 3.52. The van der Waals surface area contributed by atoms with Crippen molar-refractivity contribution in [2.45, 2.75) is 26.3 Å². The van der Waals surface area contributed by atoms with Gasteiger partial charge < -0.3 is 11.1 Å². The summed E-state index contributed by atoms with van der Waals surface area (Å²) in [4.78, 5) is 0. The molecule has 0 aromatic carbocycles. The number of rotatable bonds is 3. The maximum Gasteiger partial charge on any atom is 0.0210 e. The lowest BCUT2D eigenvalue weighted by molar-refractivity contribution is 0.248. The molecular weight excluding hydrogens is 168 g/mol. The van der Waals surface area contributed by atoms with Gasteiger partial charge in [0.1, 0.15) is 0 Å². The lowest BCUT2D eigenvalue weighted by Crippen LogP contribution is -2.47. The Hall–Kier alpha value is 0.270. The summed E-state index contributed by atoms with van der Waals surface area (Å²) in [6.07, 6.45) is 1.32. The fraction of sp³-hybridized carbons (Fsp3) is 1.00. The van der Waals surface area contributed by atoms with Crippen molar-refractivity contribution >= 4 is 11.8 Å². The quantitative estimate of drug-likeness (QED) is 0.696. The fourth-order valence-corrected chi connectivity index (χ4v) is 3.17. The van der Waals surface area contributed by atoms with Gasteiger partial charge >= 0.3 is 0 Å². The topological polar surface area (TPSA) is 38.0 Å². The van der Waals surface area contributed by atoms with E-state index in [0.717, 1.165) is 13.1 Å². The van der Waals surface area contributed by atoms with Gasteiger partial charge in [-0.1, -0.05) is 13.8 Å². The van der Waals surface area contributed by atoms with Crippen molar-refractivity contribution in [1.82, 2.24) is 5.32 Å². The molecule has 0 radical (unpaired) electrons. The van der Waals surface area contributed by atoms with Crippen molar-refractivity contribution in [2.75, 3.05) is 24.6 Å². The predicted octanol–water partition coefficient (Wildman–Crippen LogP) is 1.07. The highest BCUT2D eigenvalue weighted by Gasteiger charge is 2.31. The van der Waals surface area contributed by atoms with Crippen molar-refractivity contribution in [3.05, 3.63) is 0 Å². The van der Waals surface area contributed by atoms with Gasteiger partial charge in [0.05, 0.1) is 0 Å². The Morgan fingerprint density at radius 3 is 2.92 bits per heavy atom. The molecule has 2 nitrogen and oxygen atoms in total. The number of nitrogens with one attached hydrogen (secondary N) is 1. The molecule has 1 aliphatic rings. The molecule has 1 fully saturated rings. The Morgan fingerprint density at radius 1 is 1.58 bits per heavy atom. The smallest absolute Gasteiger partial charge is 0.0210 e. The third-order valence-corrected chi connectivity index (χ3v) is 3.72. The summed E-state index contributed by atoms with van der Waals surface area (Å²) < 4.78 is 0. The summed E-state index contributed by atoms with van der Waals surface area (Å²) in [5.41, 5.74) is 5.92. The first-order valence-corrected chi connectivity index (χ1v) is 5.83. The highest BCUT2D eigenvalue weighted by Crippen LogP contribution is 2.33. The molecule has 0 saturated carbocycles. The zero-order chi connectivity index (χ0) is 9.03. The van der Waals surface area contributed by atoms with Crippen molar-refractivity contribution in [2.24, 2.45) is 11.1 Å². The molecule has 1 atom stereocenters. The van der Waals surface area contributed by atoms with Crippen LogP contribution in [-0.4, -0.2) is 30.6 Å². The first-order valence-electron chi connectivity index (χ1n) is 4.68. The van der Waals surface area contributed by atoms with Crippen LogP contribution >= 0.6 is 11.8 Å². The lowest BCUT2D eigenvalue weighted by atomic mass is 9.82. The second-order valence-corrected chi connectivity index (χ2v) is 5.26. The molecule has 12 heavy (non-hydrogen) atoms. The van der Waals surface area contributed by atoms with Gasteiger partial charge in [0.25, 0.3) is 0 Å². The third-order valence-electron chi connectivity index (χ3n) is 2.65. The molecule has 1 heterocycles. The average molecular weight is 188 g/mol. The van der Waals surface area contributed by atoms with Crippen LogP contribution in [0.15, 0.2) is 0 Å². The van der Waals surface area contributed by atoms with Gasteiger partial charge in [-0.05, 0) is 17.6 Å². The summed E-state index contributed by atoms with van der Waals surface area (Å²) >= 11 is 2.05. The molecule has 3 heteroatoms. The molecule has 0 aromatic heterocycles. The Bertz CT molecular complexity index is 136. The van der Waals surface area contributed by atoms with Crippen LogP contribution in [0.1, 0.15) is 20.3 Å². The second kappa shape index (κ2) is 4.49. The van der Waals surface area contributed by atoms with E-state index < -0.39 is 0 Å². The van der Waals surface area contributed by atoms with Gasteiger partial charge in [0, 0.05) is 24.9 Å². The summed E-state index contributed by atoms with van der Waals surface area (Å²) in [5.74, 6) is 2.56. The first-order chi connectivity index (χ1) is 5.67. The molecular formula is C9H20N2S. The Balaban J connectivity index is 2.37. The Kier molecular flexibility index (Phi) is 3.87. The van der Waals surface area contributed by atoms with E-state index in [2.05, 4.69) is 30.9 Å². The van der Waals surface area contributed by atoms with Gasteiger partial charge in [-0.3, -0.25) is 0 Å². The fourth-order valence-electron chi connectivity index (χ4n) is 1.53. The van der Waals surface area contributed by atoms with E-state index in [-0.39, 0.29) is 0 Å². The van der Waals surface area contributed by atoms with Crippen molar-refractivity contribution in [3.63, 3.8) is 0 Å². The van der Waals surface area contributed by atoms with Gasteiger partial charge in [-0.25, -0.2) is 0 Å². The van der Waals surface area contributed by atoms with Crippen LogP contribution in [0.5, 0.6) is 0 Å². The van der Waals surface area contributed by atoms with Crippen LogP contribution in [0.2, 0.25) is 0 Å². The molecule has 0 amide bonds. The molecule has 0 spiro atoms. The summed E-state index contributed by atoms with van der Waals surface area (Å²) in [6, 6.07) is 0.653. The number of nitrogens with two attached hydrogens (primary N) is 1. The van der Waals surface area contributed by atoms with Crippen LogP contribution < -0.4 is 11.1 Å². The lowest BCUT2D eigenvalue weighted by Gasteiger charge is -2.38. The van der Waals surface area contributed by atoms with Crippen LogP contribution in [0.3, 0.4) is 0 Å². The molecule has 3 N–H and O–H groups in total. The van der Waals surface area contributed by atoms with Crippen LogP contribution in [-0.2, 0) is 0 Å². The number of thioether (sulfide) groups is 1. The highest BCUT2D eigenvalue weighted by atomic mass is 32.2. The number of hydrogen-bond acceptors (Lipinski definition) is 3. The monoisotopic (exact) mass is 188 g/mol. The van der Waals surface area contributed by atoms with Gasteiger partial charge in [0.2, 0.25) is 0 Å². The van der Waals surface area contributed by atoms with Crippen molar-refractivity contribution < 1.29 is 0 Å². The van der Waals surface area contributed by atoms with Crippen LogP contribution in [0, 0.1) is 5.41 Å². The van der Waals surface area contributed by atoms with Gasteiger partial charge in [0.15, 0.2) is 0 Å². The number of hydrogen-bond donors (Lipinski definition) is 2. The normalized spacial score (nSPS) is 28.8. The van der Waals surface area contributed by atoms with E-state index in [0.29, 0.717) is 11.5 Å². The van der Waals surface area contributed by atoms with Crippen LogP contribution in [0.25, 0.3) is 0 Å². The molecule has 0 bridgehead atoms. The summed E-state index contributed by atoms with van der Waals surface area (Å²) in [7, 11) is 0. The molecule has 0 aliphatic carbocycles. The zero-order valence-corrected chi connectivity index (χ0v) is 8.91. The minimum atomic E-state index is 0.459. The SMILES string of the molecule is CC1(C)CCSCC1NCCN. The molecule has 0 aromatic rings. The van der Waals surface area contributed by atoms with E-state index >= 15 is 0 Å². The summed E-state index contributed by atoms with van der Waals surface area (Å²) in [6.45, 7) is 6.40. The molecule has 72 valence electrons. The van der Waals surface area contributed by atoms with E-state index in [1.165, 1.54) is 17.9 Å². The second-order valence-electron chi connectivity index (χ2n) is 4.11. The van der Waals surface area contributed by atoms with E-state index in [1.54, 1.807) is 0 Å². The highest BCUT2D eigenvalue weighted by molar-refractivity contribution is 7.99. The zero-order valence-electron chi connectivity index (χ0n) is 8.10. The first kappa shape index (κ1) is 10.4. The Morgan fingerprint density at radius 2 is 2.33 bits per heavy atom. The van der Waals surface area contributed by atoms with Crippen molar-refractivity contribution in [3.8, 4) is 0 Å². The average Bonchev–Trinajstić information content (AvgIpc) is 2.02. The van der Waals surface area contributed by atoms with Gasteiger partial charge in [-0.2, -0.15) is 11.8 Å². The van der Waals surface area contributed by atoms with Crippen LogP contribution in [0.4, 0.5) is 0 Å². The largest absolute Gasteiger partial charge is 0.329 e. The molecule has 1 rings (SSSR count). The van der Waals surface area contributed by atoms with Crippen molar-refractivity contribution in [1.29, 1.82) is 0 Å². The van der Waals surface area contributed by atoms with E-state index in [4.69, 9.17) is 5.73 Å². The predicted molar refractivity (Wildman–Crippen MR) is 56.6 cm³/mol. The molecule has 1 unspecified atom stereocenters. The van der Waals surface area contributed by atoms with E-state index in [1.807, 2.05) is 0 Å². The third kappa shape index (κ3) is 2.64. The van der Waals surface area contributed by atoms with E-state index in [9.17, 15) is 0 Å². The Labute approximate surface area is 79.7 Å². The van der Waals surface area contributed by atoms with Gasteiger partial charge in [-0.15, -0.1) is 0 Å². The maximum atomic E-state index is 5.46. The molecule has 1 saturated heterocycles. The minimum absolute atomic E-state index is 0.459. The molecule has 1 aliphatic heterocycles. The maximum absolute atomic E-state index is 5.46.